The minimum Gasteiger partial charge on any atom is -0.496 e. The van der Waals surface area contributed by atoms with Gasteiger partial charge in [-0.15, -0.1) is 12.4 Å². The number of carbonyl (C=O) groups is 1. The third-order valence-corrected chi connectivity index (χ3v) is 5.70. The van der Waals surface area contributed by atoms with Gasteiger partial charge >= 0.3 is 0 Å². The first-order valence-electron chi connectivity index (χ1n) is 8.69. The summed E-state index contributed by atoms with van der Waals surface area (Å²) in [5.74, 6) is 0.973. The Balaban J connectivity index is 0.00000208. The Labute approximate surface area is 150 Å². The van der Waals surface area contributed by atoms with Crippen molar-refractivity contribution in [3.63, 3.8) is 0 Å². The van der Waals surface area contributed by atoms with Gasteiger partial charge in [0.25, 0.3) is 0 Å². The van der Waals surface area contributed by atoms with Crippen LogP contribution in [0.2, 0.25) is 0 Å². The number of hydrogen-bond acceptors (Lipinski definition) is 3. The highest BCUT2D eigenvalue weighted by Gasteiger charge is 2.47. The Morgan fingerprint density at radius 1 is 1.29 bits per heavy atom. The highest BCUT2D eigenvalue weighted by molar-refractivity contribution is 5.85. The van der Waals surface area contributed by atoms with Crippen molar-refractivity contribution in [3.05, 3.63) is 29.8 Å². The zero-order valence-electron chi connectivity index (χ0n) is 14.6. The van der Waals surface area contributed by atoms with Gasteiger partial charge in [-0.05, 0) is 38.7 Å². The number of amides is 1. The molecule has 0 aromatic heterocycles. The predicted octanol–water partition coefficient (Wildman–Crippen LogP) is 3.17. The smallest absolute Gasteiger partial charge is 0.224 e. The molecule has 3 N–H and O–H groups in total. The van der Waals surface area contributed by atoms with Crippen molar-refractivity contribution in [3.8, 4) is 5.75 Å². The lowest BCUT2D eigenvalue weighted by atomic mass is 9.74. The van der Waals surface area contributed by atoms with Crippen LogP contribution in [0.5, 0.6) is 5.75 Å². The van der Waals surface area contributed by atoms with Crippen molar-refractivity contribution in [1.82, 2.24) is 5.32 Å². The molecule has 0 heterocycles. The van der Waals surface area contributed by atoms with Crippen molar-refractivity contribution < 1.29 is 9.53 Å². The summed E-state index contributed by atoms with van der Waals surface area (Å²) in [7, 11) is 1.70. The number of halogens is 1. The minimum absolute atomic E-state index is 0. The topological polar surface area (TPSA) is 64.3 Å². The molecule has 0 spiro atoms. The first-order chi connectivity index (χ1) is 11.0. The van der Waals surface area contributed by atoms with E-state index >= 15 is 0 Å². The van der Waals surface area contributed by atoms with E-state index in [0.29, 0.717) is 6.54 Å². The second-order valence-corrected chi connectivity index (χ2v) is 7.50. The molecule has 0 aliphatic heterocycles. The molecule has 2 aliphatic carbocycles. The maximum absolute atomic E-state index is 12.7. The van der Waals surface area contributed by atoms with Gasteiger partial charge in [-0.1, -0.05) is 31.0 Å². The lowest BCUT2D eigenvalue weighted by molar-refractivity contribution is -0.128. The van der Waals surface area contributed by atoms with E-state index in [2.05, 4.69) is 11.4 Å². The average Bonchev–Trinajstić information content (AvgIpc) is 3.33. The molecule has 1 amide bonds. The molecule has 134 valence electrons. The summed E-state index contributed by atoms with van der Waals surface area (Å²) in [6.07, 6.45) is 6.25. The minimum atomic E-state index is -0.372. The molecule has 0 saturated heterocycles. The molecule has 0 radical (unpaired) electrons. The van der Waals surface area contributed by atoms with Crippen LogP contribution >= 0.6 is 12.4 Å². The molecule has 3 rings (SSSR count). The number of carbonyl (C=O) groups excluding carboxylic acids is 1. The number of rotatable bonds is 5. The molecule has 2 fully saturated rings. The number of methoxy groups -OCH3 is 1. The van der Waals surface area contributed by atoms with Crippen LogP contribution in [0.4, 0.5) is 0 Å². The molecule has 0 bridgehead atoms. The molecule has 2 atom stereocenters. The van der Waals surface area contributed by atoms with E-state index in [4.69, 9.17) is 10.5 Å². The van der Waals surface area contributed by atoms with E-state index in [9.17, 15) is 4.79 Å². The van der Waals surface area contributed by atoms with Crippen LogP contribution in [0.15, 0.2) is 24.3 Å². The Bertz CT molecular complexity index is 584. The molecule has 24 heavy (non-hydrogen) atoms. The zero-order valence-corrected chi connectivity index (χ0v) is 15.5. The fourth-order valence-electron chi connectivity index (χ4n) is 3.94. The van der Waals surface area contributed by atoms with Gasteiger partial charge in [-0.3, -0.25) is 4.79 Å². The normalized spacial score (nSPS) is 27.7. The van der Waals surface area contributed by atoms with Crippen LogP contribution in [-0.2, 0) is 10.2 Å². The highest BCUT2D eigenvalue weighted by atomic mass is 35.5. The molecule has 5 heteroatoms. The number of nitrogens with two attached hydrogens (primary N) is 1. The quantitative estimate of drug-likeness (QED) is 0.855. The summed E-state index contributed by atoms with van der Waals surface area (Å²) < 4.78 is 5.50. The molecular formula is C19H29ClN2O2. The van der Waals surface area contributed by atoms with Crippen LogP contribution in [0.25, 0.3) is 0 Å². The van der Waals surface area contributed by atoms with Gasteiger partial charge in [0.05, 0.1) is 13.0 Å². The van der Waals surface area contributed by atoms with Gasteiger partial charge < -0.3 is 15.8 Å². The Hall–Kier alpha value is -1.26. The van der Waals surface area contributed by atoms with Crippen molar-refractivity contribution in [2.45, 2.75) is 56.4 Å². The van der Waals surface area contributed by atoms with Crippen molar-refractivity contribution in [2.24, 2.45) is 11.7 Å². The number of hydrogen-bond donors (Lipinski definition) is 2. The first-order valence-corrected chi connectivity index (χ1v) is 8.69. The van der Waals surface area contributed by atoms with E-state index in [0.717, 1.165) is 44.3 Å². The predicted molar refractivity (Wildman–Crippen MR) is 98.7 cm³/mol. The Morgan fingerprint density at radius 3 is 2.62 bits per heavy atom. The number of ether oxygens (including phenoxy) is 1. The SMILES string of the molecule is COc1ccccc1C1(CNC(=O)C2CCCCC2(C)N)CC1.Cl. The fourth-order valence-corrected chi connectivity index (χ4v) is 3.94. The van der Waals surface area contributed by atoms with Gasteiger partial charge in [0.2, 0.25) is 5.91 Å². The second kappa shape index (κ2) is 7.32. The van der Waals surface area contributed by atoms with Crippen LogP contribution in [0.3, 0.4) is 0 Å². The van der Waals surface area contributed by atoms with E-state index in [1.54, 1.807) is 7.11 Å². The zero-order chi connectivity index (χ0) is 16.5. The van der Waals surface area contributed by atoms with Crippen LogP contribution in [-0.4, -0.2) is 25.1 Å². The van der Waals surface area contributed by atoms with Gasteiger partial charge in [0.15, 0.2) is 0 Å². The standard InChI is InChI=1S/C19H28N2O2.ClH/c1-18(20)10-6-5-8-15(18)17(22)21-13-19(11-12-19)14-7-3-4-9-16(14)23-2;/h3-4,7,9,15H,5-6,8,10-13,20H2,1-2H3,(H,21,22);1H. The van der Waals surface area contributed by atoms with E-state index in [1.807, 2.05) is 25.1 Å². The number of para-hydroxylation sites is 1. The molecule has 2 aliphatic rings. The largest absolute Gasteiger partial charge is 0.496 e. The number of benzene rings is 1. The van der Waals surface area contributed by atoms with E-state index < -0.39 is 0 Å². The lowest BCUT2D eigenvalue weighted by Crippen LogP contribution is -2.53. The van der Waals surface area contributed by atoms with Crippen LogP contribution in [0, 0.1) is 5.92 Å². The summed E-state index contributed by atoms with van der Waals surface area (Å²) in [4.78, 5) is 12.7. The summed E-state index contributed by atoms with van der Waals surface area (Å²) in [5.41, 5.74) is 7.24. The van der Waals surface area contributed by atoms with E-state index in [1.165, 1.54) is 5.56 Å². The van der Waals surface area contributed by atoms with Gasteiger partial charge in [-0.2, -0.15) is 0 Å². The Morgan fingerprint density at radius 2 is 2.00 bits per heavy atom. The average molecular weight is 353 g/mol. The van der Waals surface area contributed by atoms with Gasteiger partial charge in [0.1, 0.15) is 5.75 Å². The van der Waals surface area contributed by atoms with E-state index in [-0.39, 0.29) is 35.2 Å². The summed E-state index contributed by atoms with van der Waals surface area (Å²) in [6.45, 7) is 2.70. The molecule has 2 unspecified atom stereocenters. The summed E-state index contributed by atoms with van der Waals surface area (Å²) in [6, 6.07) is 8.14. The number of nitrogens with one attached hydrogen (secondary N) is 1. The van der Waals surface area contributed by atoms with Gasteiger partial charge in [-0.25, -0.2) is 0 Å². The summed E-state index contributed by atoms with van der Waals surface area (Å²) >= 11 is 0. The second-order valence-electron chi connectivity index (χ2n) is 7.50. The fraction of sp³-hybridized carbons (Fsp3) is 0.632. The van der Waals surface area contributed by atoms with Crippen LogP contribution in [0.1, 0.15) is 51.0 Å². The highest BCUT2D eigenvalue weighted by Crippen LogP contribution is 2.50. The first kappa shape index (κ1) is 19.1. The van der Waals surface area contributed by atoms with Gasteiger partial charge in [0, 0.05) is 23.1 Å². The molecule has 1 aromatic rings. The van der Waals surface area contributed by atoms with Crippen LogP contribution < -0.4 is 15.8 Å². The van der Waals surface area contributed by atoms with Crippen molar-refractivity contribution in [2.75, 3.05) is 13.7 Å². The molecule has 4 nitrogen and oxygen atoms in total. The molecular weight excluding hydrogens is 324 g/mol. The lowest BCUT2D eigenvalue weighted by Gasteiger charge is -2.37. The third-order valence-electron chi connectivity index (χ3n) is 5.70. The maximum atomic E-state index is 12.7. The molecule has 2 saturated carbocycles. The van der Waals surface area contributed by atoms with Crippen molar-refractivity contribution in [1.29, 1.82) is 0 Å². The maximum Gasteiger partial charge on any atom is 0.224 e. The Kier molecular flexibility index (Phi) is 5.82. The monoisotopic (exact) mass is 352 g/mol. The summed E-state index contributed by atoms with van der Waals surface area (Å²) in [5, 5.41) is 3.19. The molecule has 1 aromatic carbocycles. The third kappa shape index (κ3) is 3.70. The van der Waals surface area contributed by atoms with Crippen molar-refractivity contribution >= 4 is 18.3 Å².